The molecule has 0 saturated carbocycles. The highest BCUT2D eigenvalue weighted by atomic mass is 32.2. The molecule has 0 aliphatic carbocycles. The summed E-state index contributed by atoms with van der Waals surface area (Å²) < 4.78 is 7.44. The van der Waals surface area contributed by atoms with Crippen molar-refractivity contribution < 1.29 is 4.42 Å². The second kappa shape index (κ2) is 7.70. The smallest absolute Gasteiger partial charge is 0.336 e. The molecule has 7 heteroatoms. The van der Waals surface area contributed by atoms with Crippen LogP contribution in [0.3, 0.4) is 0 Å². The van der Waals surface area contributed by atoms with Crippen LogP contribution in [0, 0.1) is 13.8 Å². The lowest BCUT2D eigenvalue weighted by Crippen LogP contribution is -2.03. The molecule has 4 aromatic rings. The molecule has 1 aromatic carbocycles. The molecule has 27 heavy (non-hydrogen) atoms. The van der Waals surface area contributed by atoms with E-state index in [0.29, 0.717) is 11.3 Å². The zero-order chi connectivity index (χ0) is 18.8. The Labute approximate surface area is 165 Å². The van der Waals surface area contributed by atoms with Gasteiger partial charge in [-0.1, -0.05) is 17.8 Å². The molecule has 0 bridgehead atoms. The van der Waals surface area contributed by atoms with Crippen LogP contribution in [0.2, 0.25) is 0 Å². The van der Waals surface area contributed by atoms with Crippen molar-refractivity contribution in [3.8, 4) is 0 Å². The van der Waals surface area contributed by atoms with Crippen molar-refractivity contribution in [3.05, 3.63) is 74.0 Å². The summed E-state index contributed by atoms with van der Waals surface area (Å²) in [5.74, 6) is 0.641. The van der Waals surface area contributed by atoms with Crippen molar-refractivity contribution >= 4 is 34.1 Å². The van der Waals surface area contributed by atoms with E-state index in [1.54, 1.807) is 35.5 Å². The predicted octanol–water partition coefficient (Wildman–Crippen LogP) is 4.60. The third-order valence-corrected chi connectivity index (χ3v) is 6.53. The highest BCUT2D eigenvalue weighted by molar-refractivity contribution is 7.98. The average molecular weight is 398 g/mol. The van der Waals surface area contributed by atoms with Crippen LogP contribution in [-0.4, -0.2) is 14.8 Å². The lowest BCUT2D eigenvalue weighted by Gasteiger charge is -2.09. The maximum absolute atomic E-state index is 12.0. The average Bonchev–Trinajstić information content (AvgIpc) is 3.30. The van der Waals surface area contributed by atoms with Crippen molar-refractivity contribution in [1.82, 2.24) is 14.8 Å². The Morgan fingerprint density at radius 1 is 1.22 bits per heavy atom. The lowest BCUT2D eigenvalue weighted by atomic mass is 10.0. The van der Waals surface area contributed by atoms with E-state index in [2.05, 4.69) is 45.3 Å². The third-order valence-electron chi connectivity index (χ3n) is 4.56. The number of hydrogen-bond donors (Lipinski definition) is 0. The van der Waals surface area contributed by atoms with Gasteiger partial charge in [0.2, 0.25) is 0 Å². The third kappa shape index (κ3) is 3.99. The van der Waals surface area contributed by atoms with E-state index < -0.39 is 0 Å². The monoisotopic (exact) mass is 397 g/mol. The summed E-state index contributed by atoms with van der Waals surface area (Å²) in [4.78, 5) is 13.3. The molecule has 0 radical (unpaired) electrons. The number of rotatable bonds is 6. The highest BCUT2D eigenvalue weighted by Crippen LogP contribution is 2.27. The molecule has 0 unspecified atom stereocenters. The van der Waals surface area contributed by atoms with E-state index in [0.717, 1.165) is 34.6 Å². The van der Waals surface area contributed by atoms with Gasteiger partial charge in [-0.25, -0.2) is 4.79 Å². The first-order valence-electron chi connectivity index (χ1n) is 8.67. The second-order valence-corrected chi connectivity index (χ2v) is 8.42. The Morgan fingerprint density at radius 3 is 2.89 bits per heavy atom. The van der Waals surface area contributed by atoms with Gasteiger partial charge in [0.15, 0.2) is 5.16 Å². The number of hydrogen-bond acceptors (Lipinski definition) is 6. The molecule has 3 aromatic heterocycles. The van der Waals surface area contributed by atoms with E-state index in [-0.39, 0.29) is 5.63 Å². The molecule has 0 saturated heterocycles. The van der Waals surface area contributed by atoms with Crippen LogP contribution in [0.4, 0.5) is 0 Å². The van der Waals surface area contributed by atoms with Crippen LogP contribution in [0.25, 0.3) is 11.0 Å². The number of fused-ring (bicyclic) bond motifs is 1. The second-order valence-electron chi connectivity index (χ2n) is 6.45. The zero-order valence-corrected chi connectivity index (χ0v) is 16.8. The fraction of sp³-hybridized carbons (Fsp3) is 0.250. The summed E-state index contributed by atoms with van der Waals surface area (Å²) >= 11 is 3.35. The maximum Gasteiger partial charge on any atom is 0.336 e. The highest BCUT2D eigenvalue weighted by Gasteiger charge is 2.11. The van der Waals surface area contributed by atoms with Crippen molar-refractivity contribution in [3.63, 3.8) is 0 Å². The van der Waals surface area contributed by atoms with Gasteiger partial charge in [0.05, 0.1) is 0 Å². The molecule has 0 atom stereocenters. The first-order valence-corrected chi connectivity index (χ1v) is 10.5. The Morgan fingerprint density at radius 2 is 2.07 bits per heavy atom. The standard InChI is InChI=1S/C20H19N3O2S2/c1-13-8-17-15(10-19(24)25-18(17)9-14(13)2)11-27-20-22-21-12-23(20)6-5-16-4-3-7-26-16/h3-4,7-10,12H,5-6,11H2,1-2H3. The van der Waals surface area contributed by atoms with Gasteiger partial charge in [0.25, 0.3) is 0 Å². The van der Waals surface area contributed by atoms with Crippen molar-refractivity contribution in [2.75, 3.05) is 0 Å². The van der Waals surface area contributed by atoms with Crippen LogP contribution in [0.1, 0.15) is 21.6 Å². The maximum atomic E-state index is 12.0. The number of nitrogens with zero attached hydrogens (tertiary/aromatic N) is 3. The van der Waals surface area contributed by atoms with Gasteiger partial charge in [-0.05, 0) is 60.5 Å². The molecule has 0 aliphatic heterocycles. The quantitative estimate of drug-likeness (QED) is 0.352. The van der Waals surface area contributed by atoms with Crippen LogP contribution in [-0.2, 0) is 18.7 Å². The number of aromatic nitrogens is 3. The fourth-order valence-corrected chi connectivity index (χ4v) is 4.57. The SMILES string of the molecule is Cc1cc2oc(=O)cc(CSc3nncn3CCc3cccs3)c2cc1C. The van der Waals surface area contributed by atoms with Gasteiger partial charge >= 0.3 is 5.63 Å². The lowest BCUT2D eigenvalue weighted by molar-refractivity contribution is 0.559. The molecular formula is C20H19N3O2S2. The summed E-state index contributed by atoms with van der Waals surface area (Å²) in [5.41, 5.74) is 3.58. The first kappa shape index (κ1) is 18.0. The Kier molecular flexibility index (Phi) is 5.13. The fourth-order valence-electron chi connectivity index (χ4n) is 2.94. The van der Waals surface area contributed by atoms with Crippen molar-refractivity contribution in [2.45, 2.75) is 37.7 Å². The largest absolute Gasteiger partial charge is 0.423 e. The van der Waals surface area contributed by atoms with Gasteiger partial charge in [-0.15, -0.1) is 21.5 Å². The van der Waals surface area contributed by atoms with E-state index in [1.807, 2.05) is 13.0 Å². The zero-order valence-electron chi connectivity index (χ0n) is 15.1. The number of thioether (sulfide) groups is 1. The molecule has 0 amide bonds. The topological polar surface area (TPSA) is 60.9 Å². The van der Waals surface area contributed by atoms with Crippen LogP contribution in [0.15, 0.2) is 56.4 Å². The summed E-state index contributed by atoms with van der Waals surface area (Å²) in [6.07, 6.45) is 2.72. The van der Waals surface area contributed by atoms with Gasteiger partial charge in [0.1, 0.15) is 11.9 Å². The van der Waals surface area contributed by atoms with Crippen LogP contribution >= 0.6 is 23.1 Å². The minimum atomic E-state index is -0.319. The number of thiophene rings is 1. The molecule has 3 heterocycles. The Bertz CT molecular complexity index is 1130. The molecule has 5 nitrogen and oxygen atoms in total. The predicted molar refractivity (Wildman–Crippen MR) is 110 cm³/mol. The Hall–Kier alpha value is -2.38. The summed E-state index contributed by atoms with van der Waals surface area (Å²) in [7, 11) is 0. The molecule has 0 N–H and O–H groups in total. The van der Waals surface area contributed by atoms with Crippen LogP contribution in [0.5, 0.6) is 0 Å². The molecule has 138 valence electrons. The van der Waals surface area contributed by atoms with Gasteiger partial charge < -0.3 is 8.98 Å². The van der Waals surface area contributed by atoms with Gasteiger partial charge in [0, 0.05) is 28.6 Å². The van der Waals surface area contributed by atoms with Crippen molar-refractivity contribution in [1.29, 1.82) is 0 Å². The molecule has 0 spiro atoms. The molecule has 0 fully saturated rings. The molecule has 4 rings (SSSR count). The first-order chi connectivity index (χ1) is 13.1. The molecular weight excluding hydrogens is 378 g/mol. The van der Waals surface area contributed by atoms with Crippen molar-refractivity contribution in [2.24, 2.45) is 0 Å². The van der Waals surface area contributed by atoms with E-state index in [1.165, 1.54) is 10.4 Å². The summed E-state index contributed by atoms with van der Waals surface area (Å²) in [6.45, 7) is 4.93. The normalized spacial score (nSPS) is 11.3. The molecule has 0 aliphatic rings. The number of benzene rings is 1. The summed E-state index contributed by atoms with van der Waals surface area (Å²) in [5, 5.41) is 12.2. The minimum Gasteiger partial charge on any atom is -0.423 e. The Balaban J connectivity index is 1.55. The van der Waals surface area contributed by atoms with Crippen LogP contribution < -0.4 is 5.63 Å². The van der Waals surface area contributed by atoms with Gasteiger partial charge in [-0.3, -0.25) is 0 Å². The van der Waals surface area contributed by atoms with E-state index in [4.69, 9.17) is 4.42 Å². The minimum absolute atomic E-state index is 0.319. The van der Waals surface area contributed by atoms with Gasteiger partial charge in [-0.2, -0.15) is 0 Å². The summed E-state index contributed by atoms with van der Waals surface area (Å²) in [6, 6.07) is 9.81. The van der Waals surface area contributed by atoms with E-state index >= 15 is 0 Å². The van der Waals surface area contributed by atoms with E-state index in [9.17, 15) is 4.79 Å². The number of aryl methyl sites for hydroxylation is 4.